The molecule has 1 fully saturated rings. The predicted octanol–water partition coefficient (Wildman–Crippen LogP) is 3.56. The van der Waals surface area contributed by atoms with Gasteiger partial charge in [0.2, 0.25) is 11.8 Å². The van der Waals surface area contributed by atoms with Gasteiger partial charge in [0.25, 0.3) is 0 Å². The third-order valence-corrected chi connectivity index (χ3v) is 9.60. The van der Waals surface area contributed by atoms with E-state index in [1.54, 1.807) is 0 Å². The second-order valence-electron chi connectivity index (χ2n) is 12.1. The van der Waals surface area contributed by atoms with Crippen molar-refractivity contribution in [2.75, 3.05) is 14.2 Å². The fraction of sp³-hybridized carbons (Fsp3) is 0.514. The molecule has 4 rings (SSSR count). The van der Waals surface area contributed by atoms with Crippen molar-refractivity contribution in [1.29, 1.82) is 0 Å². The second-order valence-corrected chi connectivity index (χ2v) is 12.1. The number of aromatic amines is 2. The van der Waals surface area contributed by atoms with Gasteiger partial charge >= 0.3 is 11.9 Å². The van der Waals surface area contributed by atoms with E-state index in [1.807, 2.05) is 52.8 Å². The number of carbonyl (C=O) groups is 4. The van der Waals surface area contributed by atoms with Crippen LogP contribution in [-0.2, 0) is 41.5 Å². The molecule has 2 amide bonds. The molecule has 1 saturated heterocycles. The van der Waals surface area contributed by atoms with Crippen molar-refractivity contribution in [1.82, 2.24) is 15.3 Å². The Labute approximate surface area is 264 Å². The molecule has 0 unspecified atom stereocenters. The van der Waals surface area contributed by atoms with Gasteiger partial charge < -0.3 is 24.8 Å². The molecule has 45 heavy (non-hydrogen) atoms. The Balaban J connectivity index is 1.87. The van der Waals surface area contributed by atoms with E-state index in [0.717, 1.165) is 68.6 Å². The highest BCUT2D eigenvalue weighted by Gasteiger charge is 2.34. The topological polar surface area (TPSA) is 143 Å². The SMILES string of the molecule is CC[C@H]1C(=O)N=C(/C=c2\[nH]/c(=C\c3[nH]c(/C=C4\NC(=O)[C@H](CC)[C@H]4C)c(C)c3CCC(=O)OC)c(CCC(=O)OC)c2C)[C@@H]1C. The molecule has 2 aromatic heterocycles. The number of carbonyl (C=O) groups excluding carboxylic acids is 4. The fourth-order valence-corrected chi connectivity index (χ4v) is 6.57. The summed E-state index contributed by atoms with van der Waals surface area (Å²) in [4.78, 5) is 60.7. The molecule has 10 nitrogen and oxygen atoms in total. The Morgan fingerprint density at radius 1 is 0.778 bits per heavy atom. The van der Waals surface area contributed by atoms with E-state index in [0.29, 0.717) is 12.8 Å². The summed E-state index contributed by atoms with van der Waals surface area (Å²) in [5.74, 6) is -0.787. The number of amides is 2. The number of H-pyrrole nitrogens is 2. The number of allylic oxidation sites excluding steroid dienone is 1. The van der Waals surface area contributed by atoms with Gasteiger partial charge in [-0.05, 0) is 80.0 Å². The number of hydrogen-bond donors (Lipinski definition) is 3. The van der Waals surface area contributed by atoms with E-state index < -0.39 is 0 Å². The highest BCUT2D eigenvalue weighted by atomic mass is 16.5. The van der Waals surface area contributed by atoms with Crippen LogP contribution in [0.1, 0.15) is 87.0 Å². The number of methoxy groups -OCH3 is 2. The molecule has 4 heterocycles. The van der Waals surface area contributed by atoms with E-state index in [-0.39, 0.29) is 60.3 Å². The van der Waals surface area contributed by atoms with Gasteiger partial charge in [0.1, 0.15) is 0 Å². The highest BCUT2D eigenvalue weighted by Crippen LogP contribution is 2.32. The molecule has 0 aliphatic carbocycles. The zero-order valence-corrected chi connectivity index (χ0v) is 27.7. The lowest BCUT2D eigenvalue weighted by atomic mass is 9.90. The first-order valence-corrected chi connectivity index (χ1v) is 15.8. The van der Waals surface area contributed by atoms with Gasteiger partial charge in [-0.15, -0.1) is 0 Å². The van der Waals surface area contributed by atoms with Crippen LogP contribution in [-0.4, -0.2) is 53.7 Å². The van der Waals surface area contributed by atoms with Crippen LogP contribution in [0.25, 0.3) is 18.2 Å². The van der Waals surface area contributed by atoms with Crippen LogP contribution in [0.4, 0.5) is 0 Å². The van der Waals surface area contributed by atoms with Crippen LogP contribution in [0.5, 0.6) is 0 Å². The average Bonchev–Trinajstić information content (AvgIpc) is 3.66. The van der Waals surface area contributed by atoms with Gasteiger partial charge in [-0.1, -0.05) is 27.7 Å². The minimum absolute atomic E-state index is 0.00787. The molecule has 0 saturated carbocycles. The minimum Gasteiger partial charge on any atom is -0.469 e. The van der Waals surface area contributed by atoms with E-state index >= 15 is 0 Å². The number of esters is 2. The normalized spacial score (nSPS) is 23.2. The Hall–Kier alpha value is -4.21. The predicted molar refractivity (Wildman–Crippen MR) is 173 cm³/mol. The third kappa shape index (κ3) is 7.05. The molecule has 2 aromatic rings. The van der Waals surface area contributed by atoms with Crippen molar-refractivity contribution in [2.24, 2.45) is 28.7 Å². The minimum atomic E-state index is -0.307. The molecule has 0 radical (unpaired) electrons. The summed E-state index contributed by atoms with van der Waals surface area (Å²) in [6, 6.07) is 0. The lowest BCUT2D eigenvalue weighted by molar-refractivity contribution is -0.141. The van der Waals surface area contributed by atoms with Gasteiger partial charge in [0.05, 0.1) is 14.2 Å². The number of aromatic nitrogens is 2. The van der Waals surface area contributed by atoms with E-state index in [4.69, 9.17) is 9.47 Å². The molecule has 2 aliphatic heterocycles. The van der Waals surface area contributed by atoms with Crippen molar-refractivity contribution in [3.8, 4) is 0 Å². The summed E-state index contributed by atoms with van der Waals surface area (Å²) in [5.41, 5.74) is 7.11. The second kappa shape index (κ2) is 14.3. The molecular weight excluding hydrogens is 572 g/mol. The summed E-state index contributed by atoms with van der Waals surface area (Å²) in [6.45, 7) is 12.1. The van der Waals surface area contributed by atoms with Gasteiger partial charge in [0.15, 0.2) is 0 Å². The lowest BCUT2D eigenvalue weighted by Gasteiger charge is -2.10. The lowest BCUT2D eigenvalue weighted by Crippen LogP contribution is -2.19. The zero-order chi connectivity index (χ0) is 33.0. The number of aliphatic imine (C=N–C) groups is 1. The van der Waals surface area contributed by atoms with Crippen molar-refractivity contribution >= 4 is 47.7 Å². The molecular formula is C35H46N4O6. The number of nitrogens with one attached hydrogen (secondary N) is 3. The van der Waals surface area contributed by atoms with E-state index in [9.17, 15) is 19.2 Å². The van der Waals surface area contributed by atoms with Crippen LogP contribution < -0.4 is 16.0 Å². The van der Waals surface area contributed by atoms with Crippen LogP contribution in [0, 0.1) is 37.5 Å². The molecule has 0 bridgehead atoms. The quantitative estimate of drug-likeness (QED) is 0.329. The van der Waals surface area contributed by atoms with Crippen molar-refractivity contribution in [3.63, 3.8) is 0 Å². The van der Waals surface area contributed by atoms with Gasteiger partial charge in [-0.2, -0.15) is 0 Å². The van der Waals surface area contributed by atoms with E-state index in [2.05, 4.69) is 27.2 Å². The highest BCUT2D eigenvalue weighted by molar-refractivity contribution is 6.20. The summed E-state index contributed by atoms with van der Waals surface area (Å²) >= 11 is 0. The maximum Gasteiger partial charge on any atom is 0.305 e. The molecule has 0 spiro atoms. The van der Waals surface area contributed by atoms with Crippen LogP contribution >= 0.6 is 0 Å². The van der Waals surface area contributed by atoms with Crippen molar-refractivity contribution in [3.05, 3.63) is 50.0 Å². The Kier molecular flexibility index (Phi) is 10.7. The Bertz CT molecular complexity index is 1670. The first-order valence-electron chi connectivity index (χ1n) is 15.8. The number of nitrogens with zero attached hydrogens (tertiary/aromatic N) is 1. The summed E-state index contributed by atoms with van der Waals surface area (Å²) in [6.07, 6.45) is 8.74. The molecule has 10 heteroatoms. The third-order valence-electron chi connectivity index (χ3n) is 9.60. The van der Waals surface area contributed by atoms with Crippen LogP contribution in [0.3, 0.4) is 0 Å². The van der Waals surface area contributed by atoms with Crippen molar-refractivity contribution < 1.29 is 28.7 Å². The smallest absolute Gasteiger partial charge is 0.305 e. The van der Waals surface area contributed by atoms with Gasteiger partial charge in [0, 0.05) is 70.0 Å². The molecule has 4 atom stereocenters. The Morgan fingerprint density at radius 3 is 1.96 bits per heavy atom. The maximum atomic E-state index is 12.5. The van der Waals surface area contributed by atoms with Crippen LogP contribution in [0.15, 0.2) is 10.7 Å². The average molecular weight is 619 g/mol. The zero-order valence-electron chi connectivity index (χ0n) is 27.7. The summed E-state index contributed by atoms with van der Waals surface area (Å²) < 4.78 is 9.85. The largest absolute Gasteiger partial charge is 0.469 e. The maximum absolute atomic E-state index is 12.5. The van der Waals surface area contributed by atoms with Gasteiger partial charge in [-0.25, -0.2) is 4.99 Å². The molecule has 2 aliphatic rings. The first kappa shape index (κ1) is 33.7. The van der Waals surface area contributed by atoms with Crippen LogP contribution in [0.2, 0.25) is 0 Å². The monoisotopic (exact) mass is 618 g/mol. The number of ether oxygens (including phenoxy) is 2. The first-order chi connectivity index (χ1) is 21.4. The molecule has 0 aromatic carbocycles. The number of rotatable bonds is 11. The van der Waals surface area contributed by atoms with Crippen molar-refractivity contribution in [2.45, 2.75) is 80.1 Å². The van der Waals surface area contributed by atoms with E-state index in [1.165, 1.54) is 14.2 Å². The number of hydrogen-bond acceptors (Lipinski definition) is 6. The standard InChI is InChI=1S/C35H46N4O6/c1-9-22-18(3)28(38-34(22)42)15-26-20(5)24(11-13-32(40)44-7)30(36-26)17-31-25(12-14-33(41)45-8)21(6)27(37-31)16-29-19(4)23(10-2)35(43)39-29/h15-19,22-23,36-37H,9-14H2,1-8H3,(H,38,42)/b27-16-,28-15-,31-17-/t18-,19-,22-,23-/m1/s1. The summed E-state index contributed by atoms with van der Waals surface area (Å²) in [5, 5.41) is 4.68. The fourth-order valence-electron chi connectivity index (χ4n) is 6.57. The molecule has 3 N–H and O–H groups in total. The molecule has 242 valence electrons. The Morgan fingerprint density at radius 2 is 1.40 bits per heavy atom. The summed E-state index contributed by atoms with van der Waals surface area (Å²) in [7, 11) is 2.75. The van der Waals surface area contributed by atoms with Gasteiger partial charge in [-0.3, -0.25) is 19.2 Å².